The van der Waals surface area contributed by atoms with E-state index < -0.39 is 12.0 Å². The Bertz CT molecular complexity index is 560. The molecule has 1 unspecified atom stereocenters. The zero-order valence-corrected chi connectivity index (χ0v) is 10.6. The highest BCUT2D eigenvalue weighted by Gasteiger charge is 2.23. The highest BCUT2D eigenvalue weighted by molar-refractivity contribution is 5.98. The second kappa shape index (κ2) is 5.48. The van der Waals surface area contributed by atoms with Gasteiger partial charge in [0, 0.05) is 18.6 Å². The van der Waals surface area contributed by atoms with Gasteiger partial charge in [-0.2, -0.15) is 0 Å². The summed E-state index contributed by atoms with van der Waals surface area (Å²) in [6.07, 6.45) is 1.39. The van der Waals surface area contributed by atoms with E-state index in [-0.39, 0.29) is 17.6 Å². The topological polar surface area (TPSA) is 65.0 Å². The Balaban J connectivity index is 2.30. The third kappa shape index (κ3) is 3.28. The molecule has 0 spiro atoms. The summed E-state index contributed by atoms with van der Waals surface area (Å²) in [5.41, 5.74) is 0.714. The van der Waals surface area contributed by atoms with Gasteiger partial charge in [0.05, 0.1) is 0 Å². The minimum absolute atomic E-state index is 0.0125. The van der Waals surface area contributed by atoms with Crippen LogP contribution in [-0.4, -0.2) is 23.7 Å². The Labute approximate surface area is 110 Å². The van der Waals surface area contributed by atoms with E-state index in [4.69, 9.17) is 9.47 Å². The van der Waals surface area contributed by atoms with Gasteiger partial charge in [-0.3, -0.25) is 9.59 Å². The number of nitrogens with zero attached hydrogens (tertiary/aromatic N) is 1. The largest absolute Gasteiger partial charge is 0.407 e. The fourth-order valence-corrected chi connectivity index (χ4v) is 1.57. The number of ketones is 1. The molecule has 1 heterocycles. The summed E-state index contributed by atoms with van der Waals surface area (Å²) in [6.45, 7) is 2.69. The van der Waals surface area contributed by atoms with E-state index in [2.05, 4.69) is 4.99 Å². The number of aliphatic imine (C=N–C) groups is 1. The van der Waals surface area contributed by atoms with Crippen LogP contribution in [0, 0.1) is 0 Å². The number of esters is 1. The molecule has 0 saturated carbocycles. The van der Waals surface area contributed by atoms with Gasteiger partial charge in [0.2, 0.25) is 5.90 Å². The van der Waals surface area contributed by atoms with Crippen LogP contribution in [0.2, 0.25) is 0 Å². The van der Waals surface area contributed by atoms with Crippen LogP contribution in [0.4, 0.5) is 0 Å². The number of rotatable bonds is 3. The van der Waals surface area contributed by atoms with Crippen LogP contribution in [0.3, 0.4) is 0 Å². The molecule has 2 rings (SSSR count). The number of hydrogen-bond acceptors (Lipinski definition) is 5. The van der Waals surface area contributed by atoms with E-state index in [1.54, 1.807) is 12.1 Å². The third-order valence-corrected chi connectivity index (χ3v) is 2.43. The quantitative estimate of drug-likeness (QED) is 0.777. The molecular formula is C14H13NO4. The molecule has 0 amide bonds. The fraction of sp³-hybridized carbons (Fsp3) is 0.214. The van der Waals surface area contributed by atoms with Crippen molar-refractivity contribution >= 4 is 17.7 Å². The monoisotopic (exact) mass is 259 g/mol. The van der Waals surface area contributed by atoms with Crippen molar-refractivity contribution in [1.29, 1.82) is 0 Å². The number of hydrogen-bond donors (Lipinski definition) is 0. The van der Waals surface area contributed by atoms with Gasteiger partial charge in [-0.15, -0.1) is 0 Å². The van der Waals surface area contributed by atoms with Crippen molar-refractivity contribution in [3.05, 3.63) is 47.9 Å². The van der Waals surface area contributed by atoms with E-state index >= 15 is 0 Å². The summed E-state index contributed by atoms with van der Waals surface area (Å²) in [4.78, 5) is 26.6. The van der Waals surface area contributed by atoms with Crippen LogP contribution >= 0.6 is 0 Å². The van der Waals surface area contributed by atoms with Crippen molar-refractivity contribution in [1.82, 2.24) is 0 Å². The molecular weight excluding hydrogens is 246 g/mol. The summed E-state index contributed by atoms with van der Waals surface area (Å²) in [5.74, 6) is -0.412. The first-order valence-corrected chi connectivity index (χ1v) is 5.78. The Morgan fingerprint density at radius 2 is 1.89 bits per heavy atom. The molecule has 5 heteroatoms. The maximum atomic E-state index is 11.5. The third-order valence-electron chi connectivity index (χ3n) is 2.43. The lowest BCUT2D eigenvalue weighted by Gasteiger charge is -2.18. The smallest absolute Gasteiger partial charge is 0.310 e. The SMILES string of the molecule is CC(=O)OC1=CC(C(C)=O)N=C(c2ccccc2)O1. The van der Waals surface area contributed by atoms with Gasteiger partial charge in [0.15, 0.2) is 5.78 Å². The normalized spacial score (nSPS) is 17.9. The summed E-state index contributed by atoms with van der Waals surface area (Å²) < 4.78 is 10.3. The molecule has 0 fully saturated rings. The van der Waals surface area contributed by atoms with E-state index in [0.29, 0.717) is 5.56 Å². The van der Waals surface area contributed by atoms with Crippen molar-refractivity contribution in [3.8, 4) is 0 Å². The molecule has 5 nitrogen and oxygen atoms in total. The average Bonchev–Trinajstić information content (AvgIpc) is 2.38. The number of carbonyl (C=O) groups excluding carboxylic acids is 2. The number of ether oxygens (including phenoxy) is 2. The van der Waals surface area contributed by atoms with E-state index in [1.165, 1.54) is 19.9 Å². The molecule has 1 aliphatic heterocycles. The van der Waals surface area contributed by atoms with Gasteiger partial charge >= 0.3 is 5.97 Å². The first-order chi connectivity index (χ1) is 9.06. The van der Waals surface area contributed by atoms with Crippen molar-refractivity contribution in [2.45, 2.75) is 19.9 Å². The van der Waals surface area contributed by atoms with Gasteiger partial charge in [0.25, 0.3) is 5.95 Å². The van der Waals surface area contributed by atoms with Gasteiger partial charge in [0.1, 0.15) is 6.04 Å². The molecule has 98 valence electrons. The summed E-state index contributed by atoms with van der Waals surface area (Å²) in [7, 11) is 0. The van der Waals surface area contributed by atoms with Crippen molar-refractivity contribution in [2.75, 3.05) is 0 Å². The van der Waals surface area contributed by atoms with E-state index in [1.807, 2.05) is 18.2 Å². The van der Waals surface area contributed by atoms with Crippen LogP contribution in [0.15, 0.2) is 47.3 Å². The molecule has 1 aromatic rings. The lowest BCUT2D eigenvalue weighted by molar-refractivity contribution is -0.140. The number of Topliss-reactive ketones (excluding diaryl/α,β-unsaturated/α-hetero) is 1. The second-order valence-corrected chi connectivity index (χ2v) is 4.04. The summed E-state index contributed by atoms with van der Waals surface area (Å²) in [5, 5.41) is 0. The molecule has 0 bridgehead atoms. The molecule has 1 atom stereocenters. The highest BCUT2D eigenvalue weighted by Crippen LogP contribution is 2.17. The van der Waals surface area contributed by atoms with Crippen LogP contribution in [0.25, 0.3) is 0 Å². The highest BCUT2D eigenvalue weighted by atomic mass is 16.7. The number of benzene rings is 1. The lowest BCUT2D eigenvalue weighted by Crippen LogP contribution is -2.24. The Hall–Kier alpha value is -2.43. The van der Waals surface area contributed by atoms with E-state index in [0.717, 1.165) is 0 Å². The molecule has 0 aromatic heterocycles. The predicted molar refractivity (Wildman–Crippen MR) is 68.4 cm³/mol. The van der Waals surface area contributed by atoms with Crippen LogP contribution in [0.1, 0.15) is 19.4 Å². The molecule has 0 aliphatic carbocycles. The van der Waals surface area contributed by atoms with Crippen molar-refractivity contribution in [3.63, 3.8) is 0 Å². The maximum absolute atomic E-state index is 11.5. The average molecular weight is 259 g/mol. The van der Waals surface area contributed by atoms with E-state index in [9.17, 15) is 9.59 Å². The summed E-state index contributed by atoms with van der Waals surface area (Å²) in [6, 6.07) is 8.41. The molecule has 0 saturated heterocycles. The zero-order chi connectivity index (χ0) is 13.8. The Morgan fingerprint density at radius 1 is 1.21 bits per heavy atom. The van der Waals surface area contributed by atoms with Crippen LogP contribution in [-0.2, 0) is 19.1 Å². The zero-order valence-electron chi connectivity index (χ0n) is 10.6. The van der Waals surface area contributed by atoms with Gasteiger partial charge in [-0.05, 0) is 19.1 Å². The van der Waals surface area contributed by atoms with Gasteiger partial charge in [-0.25, -0.2) is 4.99 Å². The predicted octanol–water partition coefficient (Wildman–Crippen LogP) is 1.83. The van der Waals surface area contributed by atoms with Gasteiger partial charge < -0.3 is 9.47 Å². The number of carbonyl (C=O) groups is 2. The molecule has 0 radical (unpaired) electrons. The lowest BCUT2D eigenvalue weighted by atomic mass is 10.1. The minimum atomic E-state index is -0.696. The molecule has 1 aliphatic rings. The van der Waals surface area contributed by atoms with Gasteiger partial charge in [-0.1, -0.05) is 18.2 Å². The fourth-order valence-electron chi connectivity index (χ4n) is 1.57. The maximum Gasteiger partial charge on any atom is 0.310 e. The van der Waals surface area contributed by atoms with Crippen LogP contribution in [0.5, 0.6) is 0 Å². The standard InChI is InChI=1S/C14H13NO4/c1-9(16)12-8-13(18-10(2)17)19-14(15-12)11-6-4-3-5-7-11/h3-8,12H,1-2H3. The molecule has 0 N–H and O–H groups in total. The van der Waals surface area contributed by atoms with Crippen molar-refractivity contribution < 1.29 is 19.1 Å². The Morgan fingerprint density at radius 3 is 2.47 bits per heavy atom. The first kappa shape index (κ1) is 13.0. The minimum Gasteiger partial charge on any atom is -0.407 e. The summed E-state index contributed by atoms with van der Waals surface area (Å²) >= 11 is 0. The molecule has 19 heavy (non-hydrogen) atoms. The Kier molecular flexibility index (Phi) is 3.75. The van der Waals surface area contributed by atoms with Crippen molar-refractivity contribution in [2.24, 2.45) is 4.99 Å². The van der Waals surface area contributed by atoms with Crippen LogP contribution < -0.4 is 0 Å². The molecule has 1 aromatic carbocycles. The first-order valence-electron chi connectivity index (χ1n) is 5.78. The second-order valence-electron chi connectivity index (χ2n) is 4.04.